The Kier molecular flexibility index (Phi) is 4.41. The van der Waals surface area contributed by atoms with Crippen molar-refractivity contribution in [1.29, 1.82) is 0 Å². The average molecular weight is 303 g/mol. The fourth-order valence-electron chi connectivity index (χ4n) is 2.39. The van der Waals surface area contributed by atoms with Crippen molar-refractivity contribution in [3.63, 3.8) is 0 Å². The molecule has 1 aromatic rings. The number of carbonyl (C=O) groups is 1. The number of nitrogens with one attached hydrogen (secondary N) is 1. The molecular weight excluding hydrogens is 287 g/mol. The highest BCUT2D eigenvalue weighted by Crippen LogP contribution is 2.33. The first-order chi connectivity index (χ1) is 9.79. The number of ether oxygens (including phenoxy) is 1. The number of rotatable bonds is 4. The number of carboxylic acid groups (broad SMARTS) is 1. The quantitative estimate of drug-likeness (QED) is 0.896. The van der Waals surface area contributed by atoms with Gasteiger partial charge >= 0.3 is 12.1 Å². The van der Waals surface area contributed by atoms with E-state index in [1.54, 1.807) is 0 Å². The number of halogens is 3. The van der Waals surface area contributed by atoms with Crippen molar-refractivity contribution in [2.45, 2.75) is 25.6 Å². The smallest absolute Gasteiger partial charge is 0.417 e. The molecule has 1 fully saturated rings. The third-order valence-electron chi connectivity index (χ3n) is 3.62. The van der Waals surface area contributed by atoms with Gasteiger partial charge in [0.15, 0.2) is 0 Å². The highest BCUT2D eigenvalue weighted by molar-refractivity contribution is 5.91. The zero-order valence-corrected chi connectivity index (χ0v) is 11.4. The van der Waals surface area contributed by atoms with E-state index in [0.29, 0.717) is 18.9 Å². The first kappa shape index (κ1) is 15.6. The monoisotopic (exact) mass is 303 g/mol. The minimum atomic E-state index is -4.68. The summed E-state index contributed by atoms with van der Waals surface area (Å²) in [6, 6.07) is 3.06. The normalized spacial score (nSPS) is 20.3. The minimum absolute atomic E-state index is 0.00844. The summed E-state index contributed by atoms with van der Waals surface area (Å²) in [7, 11) is 0. The zero-order chi connectivity index (χ0) is 15.6. The Morgan fingerprint density at radius 3 is 2.71 bits per heavy atom. The largest absolute Gasteiger partial charge is 0.478 e. The molecule has 1 aliphatic rings. The van der Waals surface area contributed by atoms with Crippen molar-refractivity contribution in [2.75, 3.05) is 18.5 Å². The molecule has 2 N–H and O–H groups in total. The molecule has 4 nitrogen and oxygen atoms in total. The molecule has 0 saturated carbocycles. The van der Waals surface area contributed by atoms with Crippen molar-refractivity contribution >= 4 is 11.7 Å². The van der Waals surface area contributed by atoms with Gasteiger partial charge in [-0.1, -0.05) is 0 Å². The Balaban J connectivity index is 2.21. The maximum Gasteiger partial charge on any atom is 0.417 e. The van der Waals surface area contributed by atoms with Gasteiger partial charge in [-0.25, -0.2) is 4.79 Å². The molecule has 2 unspecified atom stereocenters. The zero-order valence-electron chi connectivity index (χ0n) is 11.4. The Morgan fingerprint density at radius 1 is 1.48 bits per heavy atom. The van der Waals surface area contributed by atoms with Gasteiger partial charge < -0.3 is 15.2 Å². The SMILES string of the molecule is CC(Nc1ccc(C(F)(F)F)c(C(=O)O)c1)C1CCOC1. The fraction of sp³-hybridized carbons (Fsp3) is 0.500. The van der Waals surface area contributed by atoms with Crippen molar-refractivity contribution in [1.82, 2.24) is 0 Å². The van der Waals surface area contributed by atoms with E-state index in [1.807, 2.05) is 6.92 Å². The van der Waals surface area contributed by atoms with E-state index in [9.17, 15) is 18.0 Å². The molecular formula is C14H16F3NO3. The summed E-state index contributed by atoms with van der Waals surface area (Å²) in [6.07, 6.45) is -3.81. The topological polar surface area (TPSA) is 58.6 Å². The predicted molar refractivity (Wildman–Crippen MR) is 70.4 cm³/mol. The lowest BCUT2D eigenvalue weighted by molar-refractivity contribution is -0.138. The van der Waals surface area contributed by atoms with Crippen LogP contribution in [0.3, 0.4) is 0 Å². The summed E-state index contributed by atoms with van der Waals surface area (Å²) in [6.45, 7) is 3.17. The number of hydrogen-bond acceptors (Lipinski definition) is 3. The van der Waals surface area contributed by atoms with Crippen LogP contribution in [0.2, 0.25) is 0 Å². The molecule has 2 atom stereocenters. The first-order valence-electron chi connectivity index (χ1n) is 6.58. The van der Waals surface area contributed by atoms with Crippen LogP contribution >= 0.6 is 0 Å². The second-order valence-electron chi connectivity index (χ2n) is 5.12. The number of alkyl halides is 3. The van der Waals surface area contributed by atoms with Gasteiger partial charge in [0.25, 0.3) is 0 Å². The van der Waals surface area contributed by atoms with Gasteiger partial charge in [-0.15, -0.1) is 0 Å². The second kappa shape index (κ2) is 5.93. The van der Waals surface area contributed by atoms with Gasteiger partial charge in [0.2, 0.25) is 0 Å². The number of aromatic carboxylic acids is 1. The molecule has 21 heavy (non-hydrogen) atoms. The molecule has 1 aromatic carbocycles. The minimum Gasteiger partial charge on any atom is -0.478 e. The molecule has 0 radical (unpaired) electrons. The van der Waals surface area contributed by atoms with Crippen LogP contribution in [0.15, 0.2) is 18.2 Å². The van der Waals surface area contributed by atoms with Crippen LogP contribution in [0.4, 0.5) is 18.9 Å². The van der Waals surface area contributed by atoms with Crippen LogP contribution in [-0.2, 0) is 10.9 Å². The summed E-state index contributed by atoms with van der Waals surface area (Å²) in [5.41, 5.74) is -1.53. The molecule has 2 rings (SSSR count). The lowest BCUT2D eigenvalue weighted by atomic mass is 9.99. The first-order valence-corrected chi connectivity index (χ1v) is 6.58. The van der Waals surface area contributed by atoms with Gasteiger partial charge in [-0.05, 0) is 31.5 Å². The van der Waals surface area contributed by atoms with Crippen LogP contribution in [-0.4, -0.2) is 30.3 Å². The molecule has 1 aliphatic heterocycles. The van der Waals surface area contributed by atoms with Gasteiger partial charge in [-0.3, -0.25) is 0 Å². The van der Waals surface area contributed by atoms with E-state index >= 15 is 0 Å². The summed E-state index contributed by atoms with van der Waals surface area (Å²) >= 11 is 0. The van der Waals surface area contributed by atoms with Crippen molar-refractivity contribution < 1.29 is 27.8 Å². The molecule has 0 aromatic heterocycles. The van der Waals surface area contributed by atoms with E-state index in [1.165, 1.54) is 6.07 Å². The van der Waals surface area contributed by atoms with Crippen LogP contribution in [0.5, 0.6) is 0 Å². The highest BCUT2D eigenvalue weighted by atomic mass is 19.4. The van der Waals surface area contributed by atoms with Gasteiger partial charge in [0.05, 0.1) is 17.7 Å². The molecule has 1 heterocycles. The fourth-order valence-corrected chi connectivity index (χ4v) is 2.39. The third kappa shape index (κ3) is 3.66. The van der Waals surface area contributed by atoms with Crippen LogP contribution < -0.4 is 5.32 Å². The standard InChI is InChI=1S/C14H16F3NO3/c1-8(9-4-5-21-7-9)18-10-2-3-12(14(15,16)17)11(6-10)13(19)20/h2-3,6,8-9,18H,4-5,7H2,1H3,(H,19,20). The molecule has 0 spiro atoms. The summed E-state index contributed by atoms with van der Waals surface area (Å²) in [5, 5.41) is 12.0. The van der Waals surface area contributed by atoms with Crippen molar-refractivity contribution in [3.8, 4) is 0 Å². The van der Waals surface area contributed by atoms with Gasteiger partial charge in [-0.2, -0.15) is 13.2 Å². The number of hydrogen-bond donors (Lipinski definition) is 2. The van der Waals surface area contributed by atoms with E-state index < -0.39 is 23.3 Å². The number of anilines is 1. The Morgan fingerprint density at radius 2 is 2.19 bits per heavy atom. The van der Waals surface area contributed by atoms with Crippen molar-refractivity contribution in [3.05, 3.63) is 29.3 Å². The summed E-state index contributed by atoms with van der Waals surface area (Å²) in [4.78, 5) is 11.0. The molecule has 0 amide bonds. The van der Waals surface area contributed by atoms with Gasteiger partial charge in [0, 0.05) is 24.3 Å². The maximum absolute atomic E-state index is 12.7. The number of carboxylic acids is 1. The summed E-state index contributed by atoms with van der Waals surface area (Å²) < 4.78 is 43.5. The van der Waals surface area contributed by atoms with E-state index in [4.69, 9.17) is 9.84 Å². The molecule has 1 saturated heterocycles. The summed E-state index contributed by atoms with van der Waals surface area (Å²) in [5.74, 6) is -1.33. The van der Waals surface area contributed by atoms with Crippen molar-refractivity contribution in [2.24, 2.45) is 5.92 Å². The Labute approximate surface area is 119 Å². The molecule has 0 bridgehead atoms. The molecule has 0 aliphatic carbocycles. The molecule has 116 valence electrons. The average Bonchev–Trinajstić information content (AvgIpc) is 2.91. The third-order valence-corrected chi connectivity index (χ3v) is 3.62. The molecule has 7 heteroatoms. The predicted octanol–water partition coefficient (Wildman–Crippen LogP) is 3.24. The highest BCUT2D eigenvalue weighted by Gasteiger charge is 2.35. The van der Waals surface area contributed by atoms with E-state index in [2.05, 4.69) is 5.32 Å². The Hall–Kier alpha value is -1.76. The number of benzene rings is 1. The lowest BCUT2D eigenvalue weighted by Crippen LogP contribution is -2.26. The van der Waals surface area contributed by atoms with Crippen LogP contribution in [0.25, 0.3) is 0 Å². The van der Waals surface area contributed by atoms with E-state index in [-0.39, 0.29) is 12.0 Å². The van der Waals surface area contributed by atoms with E-state index in [0.717, 1.165) is 18.6 Å². The lowest BCUT2D eigenvalue weighted by Gasteiger charge is -2.21. The van der Waals surface area contributed by atoms with Gasteiger partial charge in [0.1, 0.15) is 0 Å². The second-order valence-corrected chi connectivity index (χ2v) is 5.12. The maximum atomic E-state index is 12.7. The Bertz CT molecular complexity index is 525. The van der Waals surface area contributed by atoms with Crippen LogP contribution in [0, 0.1) is 5.92 Å². The van der Waals surface area contributed by atoms with Crippen LogP contribution in [0.1, 0.15) is 29.3 Å².